The first-order chi connectivity index (χ1) is 13.6. The van der Waals surface area contributed by atoms with Crippen LogP contribution < -0.4 is 10.6 Å². The maximum Gasteiger partial charge on any atom is 0.360 e. The van der Waals surface area contributed by atoms with Gasteiger partial charge in [0.25, 0.3) is 5.91 Å². The van der Waals surface area contributed by atoms with Crippen LogP contribution in [0.15, 0.2) is 22.6 Å². The highest BCUT2D eigenvalue weighted by atomic mass is 31.2. The molecule has 0 unspecified atom stereocenters. The van der Waals surface area contributed by atoms with Crippen molar-refractivity contribution in [1.82, 2.24) is 0 Å². The number of furan rings is 1. The average Bonchev–Trinajstić information content (AvgIpc) is 3.18. The molecule has 1 aliphatic rings. The minimum atomic E-state index is -3.52. The first-order valence-corrected chi connectivity index (χ1v) is 10.2. The molecule has 0 saturated carbocycles. The molecule has 0 aliphatic carbocycles. The number of carbonyl (C=O) groups is 3. The number of nitrogens with one attached hydrogen (secondary N) is 1. The normalized spacial score (nSPS) is 14.8. The number of hydrogen-bond acceptors (Lipinski definition) is 7. The maximum absolute atomic E-state index is 12.7. The van der Waals surface area contributed by atoms with Crippen molar-refractivity contribution in [3.63, 3.8) is 0 Å². The molecule has 1 N–H and O–H groups in total. The van der Waals surface area contributed by atoms with E-state index in [9.17, 15) is 18.9 Å². The van der Waals surface area contributed by atoms with Gasteiger partial charge in [0.1, 0.15) is 5.76 Å². The predicted molar refractivity (Wildman–Crippen MR) is 108 cm³/mol. The summed E-state index contributed by atoms with van der Waals surface area (Å²) < 4.78 is 28.2. The van der Waals surface area contributed by atoms with E-state index in [-0.39, 0.29) is 33.8 Å². The summed E-state index contributed by atoms with van der Waals surface area (Å²) in [5, 5.41) is 3.00. The Hall–Kier alpha value is -2.80. The fraction of sp³-hybridized carbons (Fsp3) is 0.250. The summed E-state index contributed by atoms with van der Waals surface area (Å²) in [7, 11) is -0.976. The summed E-state index contributed by atoms with van der Waals surface area (Å²) >= 11 is 0. The summed E-state index contributed by atoms with van der Waals surface area (Å²) in [6, 6.07) is 4.69. The van der Waals surface area contributed by atoms with Crippen LogP contribution in [0.5, 0.6) is 0 Å². The number of rotatable bonds is 6. The van der Waals surface area contributed by atoms with E-state index in [1.54, 1.807) is 25.1 Å². The number of hydrogen-bond donors (Lipinski definition) is 1. The topological polar surface area (TPSA) is 112 Å². The molecule has 0 radical (unpaired) electrons. The Morgan fingerprint density at radius 1 is 1.14 bits per heavy atom. The maximum atomic E-state index is 12.7. The van der Waals surface area contributed by atoms with Crippen LogP contribution in [0.1, 0.15) is 51.6 Å². The first-order valence-electron chi connectivity index (χ1n) is 8.67. The monoisotopic (exact) mass is 417 g/mol. The third-order valence-corrected chi connectivity index (χ3v) is 6.55. The minimum Gasteiger partial charge on any atom is -0.457 e. The third-order valence-electron chi connectivity index (χ3n) is 4.67. The van der Waals surface area contributed by atoms with Gasteiger partial charge in [0.05, 0.1) is 10.9 Å². The molecule has 29 heavy (non-hydrogen) atoms. The molecule has 0 atom stereocenters. The van der Waals surface area contributed by atoms with E-state index in [4.69, 9.17) is 13.5 Å². The second-order valence-corrected chi connectivity index (χ2v) is 8.73. The number of amides is 1. The first kappa shape index (κ1) is 20.9. The van der Waals surface area contributed by atoms with Crippen LogP contribution in [0, 0.1) is 6.92 Å². The number of carbonyl (C=O) groups excluding carboxylic acids is 3. The van der Waals surface area contributed by atoms with Crippen molar-refractivity contribution in [3.05, 3.63) is 46.4 Å². The fourth-order valence-corrected chi connectivity index (χ4v) is 4.36. The number of aryl methyl sites for hydroxylation is 1. The van der Waals surface area contributed by atoms with Crippen molar-refractivity contribution in [1.29, 1.82) is 0 Å². The molecule has 0 fully saturated rings. The molecule has 1 aromatic heterocycles. The van der Waals surface area contributed by atoms with Gasteiger partial charge in [-0.15, -0.1) is 0 Å². The van der Waals surface area contributed by atoms with Crippen molar-refractivity contribution < 1.29 is 32.4 Å². The summed E-state index contributed by atoms with van der Waals surface area (Å²) in [6.07, 6.45) is 1.50. The summed E-state index contributed by atoms with van der Waals surface area (Å²) in [5.74, 6) is -0.847. The number of ketones is 2. The zero-order chi connectivity index (χ0) is 21.5. The van der Waals surface area contributed by atoms with Crippen molar-refractivity contribution in [2.75, 3.05) is 19.5 Å². The van der Waals surface area contributed by atoms with Crippen LogP contribution in [-0.2, 0) is 18.4 Å². The summed E-state index contributed by atoms with van der Waals surface area (Å²) in [6.45, 7) is 4.24. The number of fused-ring (bicyclic) bond motifs is 1. The lowest BCUT2D eigenvalue weighted by Crippen LogP contribution is -2.08. The van der Waals surface area contributed by atoms with E-state index in [1.165, 1.54) is 34.1 Å². The van der Waals surface area contributed by atoms with E-state index in [1.807, 2.05) is 0 Å². The van der Waals surface area contributed by atoms with Crippen molar-refractivity contribution in [2.24, 2.45) is 0 Å². The molecule has 9 heteroatoms. The minimum absolute atomic E-state index is 0.0440. The lowest BCUT2D eigenvalue weighted by molar-refractivity contribution is -0.110. The van der Waals surface area contributed by atoms with Crippen LogP contribution in [0.25, 0.3) is 11.6 Å². The highest BCUT2D eigenvalue weighted by Crippen LogP contribution is 2.46. The molecule has 2 aromatic rings. The number of Topliss-reactive ketones (excluding diaryl/α,β-unsaturated/α-hetero) is 2. The van der Waals surface area contributed by atoms with Crippen LogP contribution in [0.4, 0.5) is 5.69 Å². The van der Waals surface area contributed by atoms with E-state index < -0.39 is 13.5 Å². The molecule has 0 spiro atoms. The molecule has 2 heterocycles. The van der Waals surface area contributed by atoms with E-state index in [2.05, 4.69) is 5.32 Å². The Labute approximate surface area is 167 Å². The SMILES string of the molecule is COP(=O)(OC)c1ccc2c(c1)C(=Cc1c(C)oc(C(C)=O)c1C(C)=O)C(=O)N2. The lowest BCUT2D eigenvalue weighted by atomic mass is 9.99. The van der Waals surface area contributed by atoms with E-state index in [0.717, 1.165) is 0 Å². The highest BCUT2D eigenvalue weighted by molar-refractivity contribution is 7.62. The van der Waals surface area contributed by atoms with Gasteiger partial charge < -0.3 is 18.8 Å². The third kappa shape index (κ3) is 3.51. The van der Waals surface area contributed by atoms with Crippen LogP contribution in [0.3, 0.4) is 0 Å². The van der Waals surface area contributed by atoms with Crippen molar-refractivity contribution >= 4 is 47.7 Å². The van der Waals surface area contributed by atoms with Gasteiger partial charge in [-0.1, -0.05) is 0 Å². The number of benzene rings is 1. The molecule has 8 nitrogen and oxygen atoms in total. The average molecular weight is 417 g/mol. The van der Waals surface area contributed by atoms with Gasteiger partial charge in [-0.25, -0.2) is 0 Å². The molecule has 0 saturated heterocycles. The van der Waals surface area contributed by atoms with E-state index >= 15 is 0 Å². The second kappa shape index (κ2) is 7.55. The second-order valence-electron chi connectivity index (χ2n) is 6.49. The van der Waals surface area contributed by atoms with Gasteiger partial charge in [-0.3, -0.25) is 18.9 Å². The van der Waals surface area contributed by atoms with Gasteiger partial charge >= 0.3 is 7.60 Å². The lowest BCUT2D eigenvalue weighted by Gasteiger charge is -2.14. The van der Waals surface area contributed by atoms with Crippen LogP contribution in [-0.4, -0.2) is 31.7 Å². The van der Waals surface area contributed by atoms with Gasteiger partial charge in [-0.2, -0.15) is 0 Å². The van der Waals surface area contributed by atoms with E-state index in [0.29, 0.717) is 22.6 Å². The Kier molecular flexibility index (Phi) is 5.45. The molecule has 1 amide bonds. The Bertz CT molecular complexity index is 1120. The summed E-state index contributed by atoms with van der Waals surface area (Å²) in [4.78, 5) is 36.6. The smallest absolute Gasteiger partial charge is 0.360 e. The van der Waals surface area contributed by atoms with Gasteiger partial charge in [-0.05, 0) is 38.1 Å². The quantitative estimate of drug-likeness (QED) is 0.434. The predicted octanol–water partition coefficient (Wildman–Crippen LogP) is 3.60. The van der Waals surface area contributed by atoms with Gasteiger partial charge in [0, 0.05) is 43.5 Å². The van der Waals surface area contributed by atoms with Crippen LogP contribution >= 0.6 is 7.60 Å². The van der Waals surface area contributed by atoms with Gasteiger partial charge in [0.2, 0.25) is 0 Å². The molecule has 3 rings (SSSR count). The molecular formula is C20H20NO7P. The Balaban J connectivity index is 2.22. The molecule has 1 aliphatic heterocycles. The largest absolute Gasteiger partial charge is 0.457 e. The molecule has 0 bridgehead atoms. The van der Waals surface area contributed by atoms with Crippen molar-refractivity contribution in [2.45, 2.75) is 20.8 Å². The van der Waals surface area contributed by atoms with Crippen molar-refractivity contribution in [3.8, 4) is 0 Å². The van der Waals surface area contributed by atoms with Gasteiger partial charge in [0.15, 0.2) is 17.3 Å². The van der Waals surface area contributed by atoms with Crippen LogP contribution in [0.2, 0.25) is 0 Å². The Morgan fingerprint density at radius 2 is 1.79 bits per heavy atom. The molecular weight excluding hydrogens is 397 g/mol. The Morgan fingerprint density at radius 3 is 2.34 bits per heavy atom. The molecule has 1 aromatic carbocycles. The molecule has 152 valence electrons. The fourth-order valence-electron chi connectivity index (χ4n) is 3.25. The zero-order valence-electron chi connectivity index (χ0n) is 16.6. The summed E-state index contributed by atoms with van der Waals surface area (Å²) in [5.41, 5.74) is 1.71. The number of anilines is 1. The standard InChI is InChI=1S/C20H20NO7P/c1-10(22)18-14(12(3)28-19(18)11(2)23)9-16-15-8-13(29(25,26-4)27-5)6-7-17(15)21-20(16)24/h6-9H,1-5H3,(H,21,24). The highest BCUT2D eigenvalue weighted by Gasteiger charge is 2.31. The zero-order valence-corrected chi connectivity index (χ0v) is 17.5.